The van der Waals surface area contributed by atoms with Gasteiger partial charge >= 0.3 is 0 Å². The van der Waals surface area contributed by atoms with Crippen LogP contribution >= 0.6 is 0 Å². The van der Waals surface area contributed by atoms with E-state index in [0.717, 1.165) is 18.4 Å². The third-order valence-electron chi connectivity index (χ3n) is 1.83. The number of benzene rings is 1. The first kappa shape index (κ1) is 19.0. The number of unbranched alkanes of at least 4 members (excludes halogenated alkanes) is 1. The van der Waals surface area contributed by atoms with Crippen molar-refractivity contribution in [2.24, 2.45) is 0 Å². The summed E-state index contributed by atoms with van der Waals surface area (Å²) in [4.78, 5) is -0.0666. The van der Waals surface area contributed by atoms with E-state index in [0.29, 0.717) is 6.61 Å². The molecule has 0 aromatic heterocycles. The van der Waals surface area contributed by atoms with Crippen molar-refractivity contribution in [1.29, 1.82) is 0 Å². The van der Waals surface area contributed by atoms with Crippen molar-refractivity contribution < 1.29 is 35.1 Å². The van der Waals surface area contributed by atoms with Crippen molar-refractivity contribution in [3.8, 4) is 0 Å². The number of aliphatic hydroxyl groups is 1. The Labute approximate surface area is 113 Å². The van der Waals surface area contributed by atoms with Crippen LogP contribution in [0.25, 0.3) is 0 Å². The second-order valence-corrected chi connectivity index (χ2v) is 4.79. The molecule has 2 N–H and O–H groups in total. The Hall–Kier alpha value is -0.391. The molecule has 0 bridgehead atoms. The van der Waals surface area contributed by atoms with Crippen LogP contribution in [-0.4, -0.2) is 24.7 Å². The van der Waals surface area contributed by atoms with E-state index < -0.39 is 10.1 Å². The van der Waals surface area contributed by atoms with Crippen LogP contribution in [0.4, 0.5) is 0 Å². The van der Waals surface area contributed by atoms with Gasteiger partial charge in [-0.1, -0.05) is 31.0 Å². The van der Waals surface area contributed by atoms with E-state index in [9.17, 15) is 8.42 Å². The number of aliphatic hydroxyl groups excluding tert-OH is 1. The summed E-state index contributed by atoms with van der Waals surface area (Å²) in [6.45, 7) is 4.24. The summed E-state index contributed by atoms with van der Waals surface area (Å²) in [5.41, 5.74) is 0.956. The van der Waals surface area contributed by atoms with Crippen LogP contribution in [0.5, 0.6) is 0 Å². The van der Waals surface area contributed by atoms with Crippen molar-refractivity contribution >= 4 is 10.1 Å². The van der Waals surface area contributed by atoms with Gasteiger partial charge in [-0.25, -0.2) is 0 Å². The van der Waals surface area contributed by atoms with Gasteiger partial charge in [0.05, 0.1) is 4.90 Å². The Bertz CT molecular complexity index is 384. The van der Waals surface area contributed by atoms with Crippen LogP contribution in [0.1, 0.15) is 25.3 Å². The largest absolute Gasteiger partial charge is 0.396 e. The van der Waals surface area contributed by atoms with Gasteiger partial charge in [-0.3, -0.25) is 4.55 Å². The summed E-state index contributed by atoms with van der Waals surface area (Å²) in [6, 6.07) is 5.99. The molecule has 0 aliphatic heterocycles. The normalized spacial score (nSPS) is 9.88. The smallest absolute Gasteiger partial charge is 0.294 e. The fourth-order valence-corrected chi connectivity index (χ4v) is 1.35. The summed E-state index contributed by atoms with van der Waals surface area (Å²) in [5.74, 6) is 0. The summed E-state index contributed by atoms with van der Waals surface area (Å²) in [7, 11) is -4.02. The number of hydrogen-bond acceptors (Lipinski definition) is 3. The topological polar surface area (TPSA) is 74.6 Å². The first-order chi connectivity index (χ1) is 7.41. The van der Waals surface area contributed by atoms with E-state index in [-0.39, 0.29) is 22.0 Å². The standard InChI is InChI=1S/C7H8O3S.C4H10O.Fe/c1-6-2-4-7(5-3-6)11(8,9)10;1-2-3-4-5;/h2-5H,1H3,(H,8,9,10);5H,2-4H2,1H3;. The number of aryl methyl sites for hydroxylation is 1. The summed E-state index contributed by atoms with van der Waals surface area (Å²) in [6.07, 6.45) is 2.04. The summed E-state index contributed by atoms with van der Waals surface area (Å²) >= 11 is 0. The SMILES string of the molecule is CCCCO.Cc1ccc(S(=O)(=O)O)cc1.[Fe]. The summed E-state index contributed by atoms with van der Waals surface area (Å²) < 4.78 is 29.6. The van der Waals surface area contributed by atoms with Crippen LogP contribution in [0, 0.1) is 6.92 Å². The second-order valence-electron chi connectivity index (χ2n) is 3.37. The molecule has 0 unspecified atom stereocenters. The molecule has 0 heterocycles. The van der Waals surface area contributed by atoms with Gasteiger partial charge in [-0.15, -0.1) is 0 Å². The number of rotatable bonds is 3. The predicted molar refractivity (Wildman–Crippen MR) is 63.0 cm³/mol. The Morgan fingerprint density at radius 3 is 1.88 bits per heavy atom. The van der Waals surface area contributed by atoms with E-state index in [2.05, 4.69) is 6.92 Å². The minimum Gasteiger partial charge on any atom is -0.396 e. The van der Waals surface area contributed by atoms with Gasteiger partial charge in [0.15, 0.2) is 0 Å². The maximum absolute atomic E-state index is 10.5. The van der Waals surface area contributed by atoms with Crippen molar-refractivity contribution in [3.63, 3.8) is 0 Å². The van der Waals surface area contributed by atoms with E-state index in [1.165, 1.54) is 12.1 Å². The quantitative estimate of drug-likeness (QED) is 0.661. The van der Waals surface area contributed by atoms with Crippen molar-refractivity contribution in [2.45, 2.75) is 31.6 Å². The van der Waals surface area contributed by atoms with Crippen LogP contribution in [0.2, 0.25) is 0 Å². The van der Waals surface area contributed by atoms with Crippen molar-refractivity contribution in [3.05, 3.63) is 29.8 Å². The Morgan fingerprint density at radius 1 is 1.18 bits per heavy atom. The average molecular weight is 302 g/mol. The van der Waals surface area contributed by atoms with Crippen molar-refractivity contribution in [1.82, 2.24) is 0 Å². The fraction of sp³-hybridized carbons (Fsp3) is 0.455. The Morgan fingerprint density at radius 2 is 1.65 bits per heavy atom. The maximum Gasteiger partial charge on any atom is 0.294 e. The molecule has 0 spiro atoms. The van der Waals surface area contributed by atoms with Crippen molar-refractivity contribution in [2.75, 3.05) is 6.61 Å². The fourth-order valence-electron chi connectivity index (χ4n) is 0.868. The van der Waals surface area contributed by atoms with Gasteiger partial charge in [0.25, 0.3) is 10.1 Å². The van der Waals surface area contributed by atoms with Gasteiger partial charge in [-0.2, -0.15) is 8.42 Å². The molecule has 0 atom stereocenters. The molecule has 100 valence electrons. The van der Waals surface area contributed by atoms with Crippen LogP contribution < -0.4 is 0 Å². The second kappa shape index (κ2) is 9.62. The molecule has 0 aliphatic carbocycles. The van der Waals surface area contributed by atoms with Crippen LogP contribution in [0.15, 0.2) is 29.2 Å². The molecule has 4 nitrogen and oxygen atoms in total. The predicted octanol–water partition coefficient (Wildman–Crippen LogP) is 2.02. The Kier molecular flexibility index (Phi) is 10.7. The first-order valence-electron chi connectivity index (χ1n) is 5.06. The molecule has 0 amide bonds. The molecule has 1 aromatic carbocycles. The third-order valence-corrected chi connectivity index (χ3v) is 2.70. The minimum absolute atomic E-state index is 0. The number of hydrogen-bond donors (Lipinski definition) is 2. The van der Waals surface area contributed by atoms with E-state index >= 15 is 0 Å². The maximum atomic E-state index is 10.5. The molecule has 1 rings (SSSR count). The van der Waals surface area contributed by atoms with E-state index in [1.54, 1.807) is 12.1 Å². The molecule has 0 saturated heterocycles. The molecule has 6 heteroatoms. The van der Waals surface area contributed by atoms with E-state index in [4.69, 9.17) is 9.66 Å². The molecular weight excluding hydrogens is 284 g/mol. The first-order valence-corrected chi connectivity index (χ1v) is 6.50. The molecule has 0 fully saturated rings. The molecule has 0 aliphatic rings. The van der Waals surface area contributed by atoms with Gasteiger partial charge in [0.1, 0.15) is 0 Å². The zero-order valence-electron chi connectivity index (χ0n) is 9.90. The summed E-state index contributed by atoms with van der Waals surface area (Å²) in [5, 5.41) is 8.07. The minimum atomic E-state index is -4.02. The molecular formula is C11H18FeO4S. The zero-order chi connectivity index (χ0) is 12.6. The van der Waals surface area contributed by atoms with Gasteiger partial charge < -0.3 is 5.11 Å². The zero-order valence-corrected chi connectivity index (χ0v) is 11.8. The molecule has 0 saturated carbocycles. The third kappa shape index (κ3) is 9.32. The van der Waals surface area contributed by atoms with Gasteiger partial charge in [0, 0.05) is 23.7 Å². The monoisotopic (exact) mass is 302 g/mol. The molecule has 17 heavy (non-hydrogen) atoms. The molecule has 0 radical (unpaired) electrons. The van der Waals surface area contributed by atoms with E-state index in [1.807, 2.05) is 6.92 Å². The van der Waals surface area contributed by atoms with Crippen LogP contribution in [0.3, 0.4) is 0 Å². The van der Waals surface area contributed by atoms with Gasteiger partial charge in [0.2, 0.25) is 0 Å². The Balaban J connectivity index is 0. The average Bonchev–Trinajstić information content (AvgIpc) is 2.19. The van der Waals surface area contributed by atoms with Gasteiger partial charge in [-0.05, 0) is 25.5 Å². The molecule has 1 aromatic rings. The van der Waals surface area contributed by atoms with Crippen LogP contribution in [-0.2, 0) is 27.2 Å².